The molecule has 0 saturated carbocycles. The summed E-state index contributed by atoms with van der Waals surface area (Å²) in [5.41, 5.74) is 1.08. The maximum Gasteiger partial charge on any atom is 0.224 e. The van der Waals surface area contributed by atoms with E-state index in [1.54, 1.807) is 0 Å². The van der Waals surface area contributed by atoms with Gasteiger partial charge in [-0.3, -0.25) is 4.79 Å². The van der Waals surface area contributed by atoms with E-state index in [0.29, 0.717) is 12.5 Å². The number of hydrogen-bond donors (Lipinski definition) is 2. The predicted molar refractivity (Wildman–Crippen MR) is 79.5 cm³/mol. The summed E-state index contributed by atoms with van der Waals surface area (Å²) in [4.78, 5) is 11.7. The van der Waals surface area contributed by atoms with Gasteiger partial charge in [0.05, 0.1) is 6.42 Å². The molecule has 1 aliphatic heterocycles. The molecule has 1 atom stereocenters. The lowest BCUT2D eigenvalue weighted by atomic mass is 10.1. The van der Waals surface area contributed by atoms with Crippen molar-refractivity contribution in [2.45, 2.75) is 18.9 Å². The van der Waals surface area contributed by atoms with Crippen molar-refractivity contribution < 1.29 is 4.79 Å². The van der Waals surface area contributed by atoms with Gasteiger partial charge in [0.1, 0.15) is 0 Å². The molecule has 17 heavy (non-hydrogen) atoms. The van der Waals surface area contributed by atoms with Crippen LogP contribution in [-0.2, 0) is 11.2 Å². The summed E-state index contributed by atoms with van der Waals surface area (Å²) in [6.45, 7) is 1.91. The van der Waals surface area contributed by atoms with Crippen LogP contribution in [0.2, 0.25) is 0 Å². The smallest absolute Gasteiger partial charge is 0.224 e. The summed E-state index contributed by atoms with van der Waals surface area (Å²) < 4.78 is 1.17. The number of hydrogen-bond acceptors (Lipinski definition) is 2. The zero-order chi connectivity index (χ0) is 11.4. The molecule has 1 amide bonds. The van der Waals surface area contributed by atoms with E-state index in [1.807, 2.05) is 24.3 Å². The fourth-order valence-electron chi connectivity index (χ4n) is 1.89. The quantitative estimate of drug-likeness (QED) is 0.800. The van der Waals surface area contributed by atoms with Crippen LogP contribution >= 0.6 is 35.0 Å². The monoisotopic (exact) mass is 366 g/mol. The Labute approximate surface area is 121 Å². The minimum atomic E-state index is 0. The molecule has 1 heterocycles. The average molecular weight is 367 g/mol. The minimum absolute atomic E-state index is 0. The van der Waals surface area contributed by atoms with E-state index in [-0.39, 0.29) is 18.3 Å². The first-order chi connectivity index (χ1) is 7.74. The van der Waals surface area contributed by atoms with Crippen molar-refractivity contribution in [3.05, 3.63) is 33.4 Å². The molecule has 1 aromatic rings. The molecule has 1 aromatic carbocycles. The molecule has 1 saturated heterocycles. The Morgan fingerprint density at radius 2 is 2.35 bits per heavy atom. The van der Waals surface area contributed by atoms with E-state index < -0.39 is 0 Å². The van der Waals surface area contributed by atoms with Gasteiger partial charge in [0, 0.05) is 16.2 Å². The number of benzene rings is 1. The third kappa shape index (κ3) is 4.81. The van der Waals surface area contributed by atoms with E-state index in [4.69, 9.17) is 0 Å². The topological polar surface area (TPSA) is 41.1 Å². The van der Waals surface area contributed by atoms with E-state index in [0.717, 1.165) is 25.1 Å². The van der Waals surface area contributed by atoms with Crippen LogP contribution in [0.3, 0.4) is 0 Å². The molecule has 0 bridgehead atoms. The highest BCUT2D eigenvalue weighted by atomic mass is 127. The Bertz CT molecular complexity index is 381. The average Bonchev–Trinajstić information content (AvgIpc) is 2.70. The molecule has 2 N–H and O–H groups in total. The first-order valence-electron chi connectivity index (χ1n) is 5.48. The largest absolute Gasteiger partial charge is 0.352 e. The lowest BCUT2D eigenvalue weighted by molar-refractivity contribution is -0.121. The summed E-state index contributed by atoms with van der Waals surface area (Å²) in [5.74, 6) is 0.121. The van der Waals surface area contributed by atoms with E-state index in [2.05, 4.69) is 33.2 Å². The Morgan fingerprint density at radius 3 is 3.00 bits per heavy atom. The first kappa shape index (κ1) is 14.7. The van der Waals surface area contributed by atoms with Crippen LogP contribution in [0.5, 0.6) is 0 Å². The van der Waals surface area contributed by atoms with Gasteiger partial charge in [-0.25, -0.2) is 0 Å². The van der Waals surface area contributed by atoms with Crippen LogP contribution in [0, 0.1) is 3.57 Å². The van der Waals surface area contributed by atoms with Gasteiger partial charge in [-0.15, -0.1) is 12.4 Å². The lowest BCUT2D eigenvalue weighted by Gasteiger charge is -2.11. The normalized spacial score (nSPS) is 18.5. The van der Waals surface area contributed by atoms with Crippen molar-refractivity contribution in [2.75, 3.05) is 13.1 Å². The number of rotatable bonds is 3. The SMILES string of the molecule is Cl.O=C(Cc1cccc(I)c1)NC1CCNC1. The maximum absolute atomic E-state index is 11.7. The Morgan fingerprint density at radius 1 is 1.53 bits per heavy atom. The van der Waals surface area contributed by atoms with Crippen LogP contribution in [0.4, 0.5) is 0 Å². The van der Waals surface area contributed by atoms with E-state index in [9.17, 15) is 4.79 Å². The van der Waals surface area contributed by atoms with Gasteiger partial charge < -0.3 is 10.6 Å². The Hall–Kier alpha value is -0.330. The zero-order valence-electron chi connectivity index (χ0n) is 9.41. The van der Waals surface area contributed by atoms with Gasteiger partial charge in [0.25, 0.3) is 0 Å². The summed E-state index contributed by atoms with van der Waals surface area (Å²) in [7, 11) is 0. The van der Waals surface area contributed by atoms with Gasteiger partial charge in [-0.1, -0.05) is 12.1 Å². The second kappa shape index (κ2) is 7.18. The van der Waals surface area contributed by atoms with E-state index in [1.165, 1.54) is 3.57 Å². The zero-order valence-corrected chi connectivity index (χ0v) is 12.4. The fraction of sp³-hybridized carbons (Fsp3) is 0.417. The number of carbonyl (C=O) groups excluding carboxylic acids is 1. The summed E-state index contributed by atoms with van der Waals surface area (Å²) >= 11 is 2.26. The molecular formula is C12H16ClIN2O. The molecular weight excluding hydrogens is 351 g/mol. The van der Waals surface area contributed by atoms with Crippen molar-refractivity contribution in [3.63, 3.8) is 0 Å². The number of amides is 1. The summed E-state index contributed by atoms with van der Waals surface area (Å²) in [5, 5.41) is 6.28. The molecule has 1 unspecified atom stereocenters. The Balaban J connectivity index is 0.00000144. The molecule has 0 aromatic heterocycles. The van der Waals surface area contributed by atoms with Crippen LogP contribution in [0.15, 0.2) is 24.3 Å². The van der Waals surface area contributed by atoms with Gasteiger partial charge in [0.15, 0.2) is 0 Å². The Kier molecular flexibility index (Phi) is 6.22. The third-order valence-electron chi connectivity index (χ3n) is 2.68. The first-order valence-corrected chi connectivity index (χ1v) is 6.56. The number of nitrogens with one attached hydrogen (secondary N) is 2. The van der Waals surface area contributed by atoms with Crippen molar-refractivity contribution in [3.8, 4) is 0 Å². The molecule has 5 heteroatoms. The molecule has 0 aliphatic carbocycles. The van der Waals surface area contributed by atoms with Crippen molar-refractivity contribution in [2.24, 2.45) is 0 Å². The van der Waals surface area contributed by atoms with Crippen molar-refractivity contribution in [1.29, 1.82) is 0 Å². The van der Waals surface area contributed by atoms with E-state index >= 15 is 0 Å². The van der Waals surface area contributed by atoms with Gasteiger partial charge >= 0.3 is 0 Å². The van der Waals surface area contributed by atoms with Crippen LogP contribution in [-0.4, -0.2) is 25.0 Å². The lowest BCUT2D eigenvalue weighted by Crippen LogP contribution is -2.37. The second-order valence-electron chi connectivity index (χ2n) is 4.06. The molecule has 0 spiro atoms. The molecule has 1 aliphatic rings. The summed E-state index contributed by atoms with van der Waals surface area (Å²) in [6, 6.07) is 8.38. The molecule has 2 rings (SSSR count). The van der Waals surface area contributed by atoms with Gasteiger partial charge in [-0.05, 0) is 53.3 Å². The third-order valence-corrected chi connectivity index (χ3v) is 3.35. The standard InChI is InChI=1S/C12H15IN2O.ClH/c13-10-3-1-2-9(6-10)7-12(16)15-11-4-5-14-8-11;/h1-3,6,11,14H,4-5,7-8H2,(H,15,16);1H. The molecule has 1 fully saturated rings. The molecule has 0 radical (unpaired) electrons. The highest BCUT2D eigenvalue weighted by Gasteiger charge is 2.16. The van der Waals surface area contributed by atoms with Crippen molar-refractivity contribution >= 4 is 40.9 Å². The van der Waals surface area contributed by atoms with Gasteiger partial charge in [-0.2, -0.15) is 0 Å². The maximum atomic E-state index is 11.7. The molecule has 94 valence electrons. The number of halogens is 2. The highest BCUT2D eigenvalue weighted by molar-refractivity contribution is 14.1. The second-order valence-corrected chi connectivity index (χ2v) is 5.31. The predicted octanol–water partition coefficient (Wildman–Crippen LogP) is 1.73. The summed E-state index contributed by atoms with van der Waals surface area (Å²) in [6.07, 6.45) is 1.52. The fourth-order valence-corrected chi connectivity index (χ4v) is 2.50. The number of carbonyl (C=O) groups is 1. The van der Waals surface area contributed by atoms with Crippen molar-refractivity contribution in [1.82, 2.24) is 10.6 Å². The van der Waals surface area contributed by atoms with Crippen LogP contribution < -0.4 is 10.6 Å². The highest BCUT2D eigenvalue weighted by Crippen LogP contribution is 2.08. The van der Waals surface area contributed by atoms with Crippen LogP contribution in [0.25, 0.3) is 0 Å². The molecule has 3 nitrogen and oxygen atoms in total. The van der Waals surface area contributed by atoms with Gasteiger partial charge in [0.2, 0.25) is 5.91 Å². The minimum Gasteiger partial charge on any atom is -0.352 e. The van der Waals surface area contributed by atoms with Crippen LogP contribution in [0.1, 0.15) is 12.0 Å².